The largest absolute Gasteiger partial charge is 0.522 e. The minimum Gasteiger partial charge on any atom is -0.497 e. The number of nitrogen functional groups attached to an aromatic ring is 1. The van der Waals surface area contributed by atoms with Crippen LogP contribution in [0.3, 0.4) is 0 Å². The van der Waals surface area contributed by atoms with E-state index in [0.717, 1.165) is 17.9 Å². The highest BCUT2D eigenvalue weighted by Crippen LogP contribution is 2.26. The Labute approximate surface area is 156 Å². The van der Waals surface area contributed by atoms with Gasteiger partial charge in [0.25, 0.3) is 0 Å². The van der Waals surface area contributed by atoms with Crippen LogP contribution in [0.2, 0.25) is 0 Å². The van der Waals surface area contributed by atoms with Crippen LogP contribution in [0.15, 0.2) is 30.3 Å². The predicted octanol–water partition coefficient (Wildman–Crippen LogP) is 4.19. The first-order valence-electron chi connectivity index (χ1n) is 7.79. The van der Waals surface area contributed by atoms with Crippen LogP contribution in [0.1, 0.15) is 27.8 Å². The Morgan fingerprint density at radius 2 is 1.56 bits per heavy atom. The van der Waals surface area contributed by atoms with Crippen LogP contribution in [0.25, 0.3) is 0 Å². The predicted molar refractivity (Wildman–Crippen MR) is 98.5 cm³/mol. The minimum atomic E-state index is -5.84. The summed E-state index contributed by atoms with van der Waals surface area (Å²) in [4.78, 5) is 0. The summed E-state index contributed by atoms with van der Waals surface area (Å²) in [5.74, 6) is 0.883. The maximum atomic E-state index is 10.7. The summed E-state index contributed by atoms with van der Waals surface area (Å²) in [6, 6.07) is 10.2. The molecule has 0 aliphatic carbocycles. The number of ether oxygens (including phenoxy) is 1. The standard InChI is InChI=1S/C17H21NO.CHF3O3S/c1-11-9-17(18)16(13(3)12(11)2)10-14-5-7-15(19-4)8-6-14;2-1(3,4)8(5,6)7/h5-9H,10,18H2,1-4H3;(H,5,6,7). The van der Waals surface area contributed by atoms with Gasteiger partial charge in [0.2, 0.25) is 0 Å². The van der Waals surface area contributed by atoms with Crippen molar-refractivity contribution in [1.82, 2.24) is 0 Å². The molecule has 0 atom stereocenters. The van der Waals surface area contributed by atoms with Crippen LogP contribution in [-0.4, -0.2) is 25.6 Å². The van der Waals surface area contributed by atoms with Gasteiger partial charge >= 0.3 is 15.6 Å². The summed E-state index contributed by atoms with van der Waals surface area (Å²) in [6.45, 7) is 6.41. The van der Waals surface area contributed by atoms with Crippen LogP contribution >= 0.6 is 0 Å². The lowest BCUT2D eigenvalue weighted by atomic mass is 9.93. The second kappa shape index (κ2) is 8.62. The molecule has 0 spiro atoms. The van der Waals surface area contributed by atoms with Gasteiger partial charge in [-0.05, 0) is 73.2 Å². The molecule has 0 saturated carbocycles. The molecule has 2 aromatic carbocycles. The van der Waals surface area contributed by atoms with Crippen LogP contribution in [0.5, 0.6) is 5.75 Å². The van der Waals surface area contributed by atoms with Gasteiger partial charge in [0.15, 0.2) is 0 Å². The average molecular weight is 405 g/mol. The van der Waals surface area contributed by atoms with Gasteiger partial charge in [-0.15, -0.1) is 0 Å². The van der Waals surface area contributed by atoms with Gasteiger partial charge < -0.3 is 10.5 Å². The molecule has 0 saturated heterocycles. The number of aryl methyl sites for hydroxylation is 1. The molecule has 9 heteroatoms. The number of hydrogen-bond acceptors (Lipinski definition) is 4. The molecule has 0 fully saturated rings. The number of nitrogens with two attached hydrogens (primary N) is 1. The molecular weight excluding hydrogens is 383 g/mol. The Morgan fingerprint density at radius 1 is 1.07 bits per heavy atom. The van der Waals surface area contributed by atoms with Crippen LogP contribution in [0.4, 0.5) is 18.9 Å². The van der Waals surface area contributed by atoms with Crippen LogP contribution in [-0.2, 0) is 16.5 Å². The van der Waals surface area contributed by atoms with Crippen molar-refractivity contribution < 1.29 is 30.9 Å². The number of rotatable bonds is 3. The topological polar surface area (TPSA) is 89.6 Å². The zero-order valence-electron chi connectivity index (χ0n) is 15.4. The number of methoxy groups -OCH3 is 1. The molecule has 2 aromatic rings. The highest BCUT2D eigenvalue weighted by atomic mass is 32.2. The summed E-state index contributed by atoms with van der Waals surface area (Å²) in [7, 11) is -4.16. The zero-order valence-corrected chi connectivity index (χ0v) is 16.2. The van der Waals surface area contributed by atoms with E-state index in [0.29, 0.717) is 0 Å². The van der Waals surface area contributed by atoms with Gasteiger partial charge in [-0.3, -0.25) is 4.55 Å². The van der Waals surface area contributed by atoms with E-state index in [1.807, 2.05) is 12.1 Å². The third kappa shape index (κ3) is 6.14. The maximum Gasteiger partial charge on any atom is 0.522 e. The highest BCUT2D eigenvalue weighted by Gasteiger charge is 2.44. The van der Waals surface area contributed by atoms with Gasteiger partial charge in [-0.1, -0.05) is 12.1 Å². The second-order valence-electron chi connectivity index (χ2n) is 5.96. The Bertz CT molecular complexity index is 892. The first kappa shape index (κ1) is 22.8. The Balaban J connectivity index is 0.000000387. The van der Waals surface area contributed by atoms with Gasteiger partial charge in [0.05, 0.1) is 7.11 Å². The smallest absolute Gasteiger partial charge is 0.497 e. The number of halogens is 3. The van der Waals surface area contributed by atoms with E-state index in [2.05, 4.69) is 39.0 Å². The summed E-state index contributed by atoms with van der Waals surface area (Å²) in [5.41, 5.74) is 7.89. The quantitative estimate of drug-likeness (QED) is 0.454. The molecule has 3 N–H and O–H groups in total. The van der Waals surface area contributed by atoms with Crippen molar-refractivity contribution in [3.8, 4) is 5.75 Å². The van der Waals surface area contributed by atoms with Gasteiger partial charge in [0.1, 0.15) is 5.75 Å². The number of alkyl halides is 3. The summed E-state index contributed by atoms with van der Waals surface area (Å²) >= 11 is 0. The molecule has 0 heterocycles. The number of benzene rings is 2. The molecule has 0 unspecified atom stereocenters. The van der Waals surface area contributed by atoms with Gasteiger partial charge in [-0.2, -0.15) is 21.6 Å². The lowest BCUT2D eigenvalue weighted by molar-refractivity contribution is -0.0510. The normalized spacial score (nSPS) is 11.6. The highest BCUT2D eigenvalue weighted by molar-refractivity contribution is 7.86. The molecule has 150 valence electrons. The monoisotopic (exact) mass is 405 g/mol. The fourth-order valence-corrected chi connectivity index (χ4v) is 2.35. The third-order valence-corrected chi connectivity index (χ3v) is 4.74. The molecule has 0 aliphatic heterocycles. The lowest BCUT2D eigenvalue weighted by Crippen LogP contribution is -2.21. The van der Waals surface area contributed by atoms with E-state index in [-0.39, 0.29) is 0 Å². The van der Waals surface area contributed by atoms with E-state index >= 15 is 0 Å². The minimum absolute atomic E-state index is 0.864. The van der Waals surface area contributed by atoms with E-state index in [1.165, 1.54) is 27.8 Å². The SMILES string of the molecule is COc1ccc(Cc2c(N)cc(C)c(C)c2C)cc1.O=S(=O)(O)C(F)(F)F. The van der Waals surface area contributed by atoms with Crippen molar-refractivity contribution in [3.05, 3.63) is 58.1 Å². The summed E-state index contributed by atoms with van der Waals surface area (Å²) < 4.78 is 62.7. The Hall–Kier alpha value is -2.26. The van der Waals surface area contributed by atoms with E-state index in [9.17, 15) is 13.2 Å². The molecular formula is C18H22F3NO4S. The first-order chi connectivity index (χ1) is 12.3. The molecule has 27 heavy (non-hydrogen) atoms. The molecule has 0 radical (unpaired) electrons. The second-order valence-corrected chi connectivity index (χ2v) is 7.37. The van der Waals surface area contributed by atoms with E-state index < -0.39 is 15.6 Å². The van der Waals surface area contributed by atoms with E-state index in [4.69, 9.17) is 23.4 Å². The summed E-state index contributed by atoms with van der Waals surface area (Å²) in [5, 5.41) is 0. The molecule has 0 amide bonds. The molecule has 2 rings (SSSR count). The molecule has 0 aromatic heterocycles. The van der Waals surface area contributed by atoms with Crippen molar-refractivity contribution in [2.45, 2.75) is 32.7 Å². The van der Waals surface area contributed by atoms with Crippen LogP contribution < -0.4 is 10.5 Å². The maximum absolute atomic E-state index is 10.7. The molecule has 5 nitrogen and oxygen atoms in total. The van der Waals surface area contributed by atoms with Gasteiger partial charge in [0, 0.05) is 5.69 Å². The fourth-order valence-electron chi connectivity index (χ4n) is 2.35. The Morgan fingerprint density at radius 3 is 1.96 bits per heavy atom. The average Bonchev–Trinajstić information content (AvgIpc) is 2.56. The first-order valence-corrected chi connectivity index (χ1v) is 9.23. The lowest BCUT2D eigenvalue weighted by Gasteiger charge is -2.15. The van der Waals surface area contributed by atoms with Crippen molar-refractivity contribution in [2.24, 2.45) is 0 Å². The third-order valence-electron chi connectivity index (χ3n) is 4.16. The molecule has 0 aliphatic rings. The van der Waals surface area contributed by atoms with Crippen molar-refractivity contribution in [3.63, 3.8) is 0 Å². The van der Waals surface area contributed by atoms with Crippen molar-refractivity contribution in [1.29, 1.82) is 0 Å². The van der Waals surface area contributed by atoms with Crippen molar-refractivity contribution in [2.75, 3.05) is 12.8 Å². The van der Waals surface area contributed by atoms with Crippen molar-refractivity contribution >= 4 is 15.8 Å². The number of hydrogen-bond donors (Lipinski definition) is 2. The van der Waals surface area contributed by atoms with Gasteiger partial charge in [-0.25, -0.2) is 0 Å². The molecule has 0 bridgehead atoms. The Kier molecular flexibility index (Phi) is 7.27. The summed E-state index contributed by atoms with van der Waals surface area (Å²) in [6.07, 6.45) is 0.864. The number of anilines is 1. The van der Waals surface area contributed by atoms with E-state index in [1.54, 1.807) is 7.11 Å². The zero-order chi connectivity index (χ0) is 21.0. The fraction of sp³-hybridized carbons (Fsp3) is 0.333. The van der Waals surface area contributed by atoms with Crippen LogP contribution in [0, 0.1) is 20.8 Å².